The van der Waals surface area contributed by atoms with Crippen molar-refractivity contribution in [3.63, 3.8) is 0 Å². The highest BCUT2D eigenvalue weighted by Gasteiger charge is 2.10. The summed E-state index contributed by atoms with van der Waals surface area (Å²) in [5, 5.41) is 8.29. The summed E-state index contributed by atoms with van der Waals surface area (Å²) in [5.74, 6) is 0.411. The first-order chi connectivity index (χ1) is 7.09. The zero-order valence-corrected chi connectivity index (χ0v) is 10.2. The molecule has 4 nitrogen and oxygen atoms in total. The summed E-state index contributed by atoms with van der Waals surface area (Å²) in [5.41, 5.74) is 7.15. The number of rotatable bonds is 1. The van der Waals surface area contributed by atoms with Crippen LogP contribution in [0.3, 0.4) is 0 Å². The Labute approximate surface area is 100 Å². The Bertz CT molecular complexity index is 509. The van der Waals surface area contributed by atoms with Gasteiger partial charge in [0.1, 0.15) is 0 Å². The van der Waals surface area contributed by atoms with Crippen LogP contribution < -0.4 is 5.73 Å². The number of anilines is 1. The normalized spacial score (nSPS) is 10.6. The maximum absolute atomic E-state index is 6.09. The number of hydrogen-bond donors (Lipinski definition) is 1. The molecule has 1 aromatic carbocycles. The smallest absolute Gasteiger partial charge is 0.169 e. The third-order valence-electron chi connectivity index (χ3n) is 2.07. The second-order valence-corrected chi connectivity index (χ2v) is 4.39. The number of nitrogens with two attached hydrogens (primary N) is 1. The van der Waals surface area contributed by atoms with Crippen molar-refractivity contribution in [2.24, 2.45) is 0 Å². The largest absolute Gasteiger partial charge is 0.381 e. The molecule has 0 radical (unpaired) electrons. The maximum Gasteiger partial charge on any atom is 0.169 e. The van der Waals surface area contributed by atoms with E-state index in [1.54, 1.807) is 10.7 Å². The van der Waals surface area contributed by atoms with Crippen LogP contribution in [0.1, 0.15) is 5.69 Å². The molecular formula is C9H8BrClN4. The molecule has 2 aromatic rings. The van der Waals surface area contributed by atoms with Gasteiger partial charge >= 0.3 is 0 Å². The SMILES string of the molecule is Cc1c(N)nnn1-c1ccc(Br)cc1Cl. The van der Waals surface area contributed by atoms with Gasteiger partial charge in [-0.2, -0.15) is 0 Å². The summed E-state index contributed by atoms with van der Waals surface area (Å²) in [6.45, 7) is 1.84. The molecule has 0 aliphatic carbocycles. The van der Waals surface area contributed by atoms with Gasteiger partial charge in [0.15, 0.2) is 5.82 Å². The van der Waals surface area contributed by atoms with E-state index in [1.165, 1.54) is 0 Å². The number of aromatic nitrogens is 3. The van der Waals surface area contributed by atoms with Crippen LogP contribution in [0.5, 0.6) is 0 Å². The summed E-state index contributed by atoms with van der Waals surface area (Å²) < 4.78 is 2.53. The van der Waals surface area contributed by atoms with E-state index in [4.69, 9.17) is 17.3 Å². The molecule has 0 aliphatic rings. The van der Waals surface area contributed by atoms with Crippen molar-refractivity contribution in [1.82, 2.24) is 15.0 Å². The molecule has 1 aromatic heterocycles. The highest BCUT2D eigenvalue weighted by molar-refractivity contribution is 9.10. The zero-order valence-electron chi connectivity index (χ0n) is 7.91. The highest BCUT2D eigenvalue weighted by atomic mass is 79.9. The van der Waals surface area contributed by atoms with Crippen molar-refractivity contribution in [2.75, 3.05) is 5.73 Å². The van der Waals surface area contributed by atoms with E-state index in [-0.39, 0.29) is 0 Å². The molecule has 1 heterocycles. The topological polar surface area (TPSA) is 56.7 Å². The highest BCUT2D eigenvalue weighted by Crippen LogP contribution is 2.25. The lowest BCUT2D eigenvalue weighted by atomic mass is 10.3. The van der Waals surface area contributed by atoms with Crippen LogP contribution in [-0.2, 0) is 0 Å². The first kappa shape index (κ1) is 10.4. The minimum Gasteiger partial charge on any atom is -0.381 e. The fourth-order valence-electron chi connectivity index (χ4n) is 1.22. The maximum atomic E-state index is 6.09. The van der Waals surface area contributed by atoms with Crippen LogP contribution in [-0.4, -0.2) is 15.0 Å². The summed E-state index contributed by atoms with van der Waals surface area (Å²) in [6.07, 6.45) is 0. The van der Waals surface area contributed by atoms with Crippen LogP contribution in [0.4, 0.5) is 5.82 Å². The fraction of sp³-hybridized carbons (Fsp3) is 0.111. The molecular weight excluding hydrogens is 279 g/mol. The average molecular weight is 288 g/mol. The summed E-state index contributed by atoms with van der Waals surface area (Å²) in [6, 6.07) is 5.54. The van der Waals surface area contributed by atoms with Gasteiger partial charge in [0, 0.05) is 4.47 Å². The molecule has 2 N–H and O–H groups in total. The molecule has 0 amide bonds. The van der Waals surface area contributed by atoms with Crippen LogP contribution >= 0.6 is 27.5 Å². The molecule has 0 bridgehead atoms. The first-order valence-corrected chi connectivity index (χ1v) is 5.40. The number of benzene rings is 1. The van der Waals surface area contributed by atoms with Crippen LogP contribution in [0, 0.1) is 6.92 Å². The third kappa shape index (κ3) is 1.85. The van der Waals surface area contributed by atoms with Crippen LogP contribution in [0.25, 0.3) is 5.69 Å². The van der Waals surface area contributed by atoms with Crippen molar-refractivity contribution < 1.29 is 0 Å². The van der Waals surface area contributed by atoms with Gasteiger partial charge < -0.3 is 5.73 Å². The Hall–Kier alpha value is -1.07. The van der Waals surface area contributed by atoms with Gasteiger partial charge in [-0.05, 0) is 25.1 Å². The van der Waals surface area contributed by atoms with Gasteiger partial charge in [0.05, 0.1) is 16.4 Å². The second kappa shape index (κ2) is 3.83. The lowest BCUT2D eigenvalue weighted by molar-refractivity contribution is 0.785. The quantitative estimate of drug-likeness (QED) is 0.877. The fourth-order valence-corrected chi connectivity index (χ4v) is 1.98. The molecule has 2 rings (SSSR count). The van der Waals surface area contributed by atoms with E-state index in [0.717, 1.165) is 15.9 Å². The average Bonchev–Trinajstić information content (AvgIpc) is 2.49. The van der Waals surface area contributed by atoms with Crippen molar-refractivity contribution >= 4 is 33.3 Å². The predicted octanol–water partition coefficient (Wildman–Crippen LogP) is 2.57. The lowest BCUT2D eigenvalue weighted by Crippen LogP contribution is -2.00. The minimum absolute atomic E-state index is 0.411. The monoisotopic (exact) mass is 286 g/mol. The molecule has 0 saturated heterocycles. The van der Waals surface area contributed by atoms with E-state index < -0.39 is 0 Å². The number of halogens is 2. The van der Waals surface area contributed by atoms with Gasteiger partial charge in [-0.15, -0.1) is 5.10 Å². The van der Waals surface area contributed by atoms with Crippen LogP contribution in [0.2, 0.25) is 5.02 Å². The zero-order chi connectivity index (χ0) is 11.0. The van der Waals surface area contributed by atoms with Crippen molar-refractivity contribution in [3.05, 3.63) is 33.4 Å². The Morgan fingerprint density at radius 1 is 1.47 bits per heavy atom. The summed E-state index contributed by atoms with van der Waals surface area (Å²) in [7, 11) is 0. The number of hydrogen-bond acceptors (Lipinski definition) is 3. The molecule has 0 spiro atoms. The van der Waals surface area contributed by atoms with Crippen LogP contribution in [0.15, 0.2) is 22.7 Å². The van der Waals surface area contributed by atoms with Crippen molar-refractivity contribution in [2.45, 2.75) is 6.92 Å². The van der Waals surface area contributed by atoms with Gasteiger partial charge in [-0.3, -0.25) is 0 Å². The van der Waals surface area contributed by atoms with E-state index in [9.17, 15) is 0 Å². The number of nitrogens with zero attached hydrogens (tertiary/aromatic N) is 3. The van der Waals surface area contributed by atoms with Gasteiger partial charge in [-0.25, -0.2) is 4.68 Å². The van der Waals surface area contributed by atoms with E-state index >= 15 is 0 Å². The van der Waals surface area contributed by atoms with Crippen molar-refractivity contribution in [3.8, 4) is 5.69 Å². The molecule has 0 atom stereocenters. The summed E-state index contributed by atoms with van der Waals surface area (Å²) in [4.78, 5) is 0. The third-order valence-corrected chi connectivity index (χ3v) is 2.86. The molecule has 78 valence electrons. The van der Waals surface area contributed by atoms with Gasteiger partial charge in [0.2, 0.25) is 0 Å². The summed E-state index contributed by atoms with van der Waals surface area (Å²) >= 11 is 9.42. The Balaban J connectivity index is 2.59. The Morgan fingerprint density at radius 2 is 2.20 bits per heavy atom. The molecule has 6 heteroatoms. The first-order valence-electron chi connectivity index (χ1n) is 4.23. The second-order valence-electron chi connectivity index (χ2n) is 3.07. The van der Waals surface area contributed by atoms with E-state index in [1.807, 2.05) is 19.1 Å². The Kier molecular flexibility index (Phi) is 2.67. The van der Waals surface area contributed by atoms with E-state index in [2.05, 4.69) is 26.2 Å². The minimum atomic E-state index is 0.411. The Morgan fingerprint density at radius 3 is 2.73 bits per heavy atom. The molecule has 0 saturated carbocycles. The molecule has 0 fully saturated rings. The van der Waals surface area contributed by atoms with Crippen molar-refractivity contribution in [1.29, 1.82) is 0 Å². The van der Waals surface area contributed by atoms with Gasteiger partial charge in [0.25, 0.3) is 0 Å². The van der Waals surface area contributed by atoms with Gasteiger partial charge in [-0.1, -0.05) is 32.7 Å². The predicted molar refractivity (Wildman–Crippen MR) is 63.2 cm³/mol. The molecule has 0 aliphatic heterocycles. The molecule has 15 heavy (non-hydrogen) atoms. The van der Waals surface area contributed by atoms with E-state index in [0.29, 0.717) is 10.8 Å². The molecule has 0 unspecified atom stereocenters. The number of nitrogen functional groups attached to an aromatic ring is 1. The lowest BCUT2D eigenvalue weighted by Gasteiger charge is -2.05. The standard InChI is InChI=1S/C9H8BrClN4/c1-5-9(12)13-14-15(5)8-3-2-6(10)4-7(8)11/h2-4H,12H2,1H3.